The van der Waals surface area contributed by atoms with E-state index in [2.05, 4.69) is 18.0 Å². The molecule has 0 aliphatic rings. The van der Waals surface area contributed by atoms with Crippen LogP contribution in [0, 0.1) is 5.92 Å². The van der Waals surface area contributed by atoms with Crippen LogP contribution in [0.1, 0.15) is 12.5 Å². The van der Waals surface area contributed by atoms with Gasteiger partial charge in [0, 0.05) is 6.20 Å². The molecule has 2 rings (SSSR count). The molecule has 2 N–H and O–H groups in total. The minimum Gasteiger partial charge on any atom is -0.330 e. The molecule has 0 saturated heterocycles. The van der Waals surface area contributed by atoms with Gasteiger partial charge in [0.15, 0.2) is 0 Å². The summed E-state index contributed by atoms with van der Waals surface area (Å²) in [6, 6.07) is 4.19. The second-order valence-corrected chi connectivity index (χ2v) is 3.76. The molecule has 1 unspecified atom stereocenters. The zero-order chi connectivity index (χ0) is 9.97. The Morgan fingerprint density at radius 2 is 2.43 bits per heavy atom. The second-order valence-electron chi connectivity index (χ2n) is 3.76. The third-order valence-electron chi connectivity index (χ3n) is 2.51. The van der Waals surface area contributed by atoms with E-state index in [4.69, 9.17) is 5.73 Å². The van der Waals surface area contributed by atoms with Crippen LogP contribution in [-0.4, -0.2) is 15.9 Å². The Morgan fingerprint density at radius 1 is 1.57 bits per heavy atom. The fraction of sp³-hybridized carbons (Fsp3) is 0.364. The smallest absolute Gasteiger partial charge is 0.0992 e. The van der Waals surface area contributed by atoms with Crippen molar-refractivity contribution in [3.05, 3.63) is 36.4 Å². The van der Waals surface area contributed by atoms with Crippen LogP contribution in [0.2, 0.25) is 0 Å². The average Bonchev–Trinajstić information content (AvgIpc) is 2.66. The highest BCUT2D eigenvalue weighted by Crippen LogP contribution is 2.14. The molecular weight excluding hydrogens is 174 g/mol. The average molecular weight is 189 g/mol. The van der Waals surface area contributed by atoms with E-state index < -0.39 is 0 Å². The summed E-state index contributed by atoms with van der Waals surface area (Å²) in [5.41, 5.74) is 8.13. The minimum absolute atomic E-state index is 0.524. The van der Waals surface area contributed by atoms with Crippen LogP contribution in [0.5, 0.6) is 0 Å². The first-order valence-corrected chi connectivity index (χ1v) is 4.91. The summed E-state index contributed by atoms with van der Waals surface area (Å²) in [4.78, 5) is 4.13. The van der Waals surface area contributed by atoms with Crippen molar-refractivity contribution in [2.75, 3.05) is 6.54 Å². The molecular formula is C11H15N3. The van der Waals surface area contributed by atoms with Gasteiger partial charge in [0.25, 0.3) is 0 Å². The zero-order valence-corrected chi connectivity index (χ0v) is 8.35. The standard InChI is InChI=1S/C11H15N3/c1-9(6-12)5-10-3-2-4-14-8-13-7-11(10)14/h2-4,7-9H,5-6,12H2,1H3. The molecule has 0 aromatic carbocycles. The second kappa shape index (κ2) is 3.80. The van der Waals surface area contributed by atoms with E-state index in [1.165, 1.54) is 11.1 Å². The van der Waals surface area contributed by atoms with Crippen molar-refractivity contribution in [1.82, 2.24) is 9.38 Å². The van der Waals surface area contributed by atoms with Gasteiger partial charge in [-0.3, -0.25) is 0 Å². The number of imidazole rings is 1. The molecule has 1 atom stereocenters. The van der Waals surface area contributed by atoms with Gasteiger partial charge < -0.3 is 10.1 Å². The predicted molar refractivity (Wildman–Crippen MR) is 57.1 cm³/mol. The maximum Gasteiger partial charge on any atom is 0.0992 e. The number of nitrogens with zero attached hydrogens (tertiary/aromatic N) is 2. The molecule has 0 spiro atoms. The number of fused-ring (bicyclic) bond motifs is 1. The lowest BCUT2D eigenvalue weighted by Crippen LogP contribution is -2.13. The van der Waals surface area contributed by atoms with Crippen molar-refractivity contribution in [2.24, 2.45) is 11.7 Å². The van der Waals surface area contributed by atoms with Crippen LogP contribution in [0.25, 0.3) is 5.52 Å². The van der Waals surface area contributed by atoms with E-state index in [1.54, 1.807) is 0 Å². The van der Waals surface area contributed by atoms with Crippen molar-refractivity contribution in [2.45, 2.75) is 13.3 Å². The first kappa shape index (κ1) is 9.21. The van der Waals surface area contributed by atoms with E-state index in [9.17, 15) is 0 Å². The van der Waals surface area contributed by atoms with Crippen molar-refractivity contribution >= 4 is 5.52 Å². The Labute approximate surface area is 83.6 Å². The topological polar surface area (TPSA) is 43.3 Å². The maximum atomic E-state index is 5.62. The summed E-state index contributed by atoms with van der Waals surface area (Å²) in [5, 5.41) is 0. The Balaban J connectivity index is 2.36. The highest BCUT2D eigenvalue weighted by atomic mass is 15.0. The first-order chi connectivity index (χ1) is 6.81. The molecule has 0 saturated carbocycles. The van der Waals surface area contributed by atoms with E-state index in [-0.39, 0.29) is 0 Å². The molecule has 2 aromatic heterocycles. The minimum atomic E-state index is 0.524. The van der Waals surface area contributed by atoms with Crippen molar-refractivity contribution in [3.8, 4) is 0 Å². The van der Waals surface area contributed by atoms with Crippen LogP contribution < -0.4 is 5.73 Å². The van der Waals surface area contributed by atoms with Crippen LogP contribution in [-0.2, 0) is 6.42 Å². The molecule has 2 heterocycles. The van der Waals surface area contributed by atoms with E-state index in [1.807, 2.05) is 29.2 Å². The van der Waals surface area contributed by atoms with E-state index >= 15 is 0 Å². The van der Waals surface area contributed by atoms with E-state index in [0.29, 0.717) is 5.92 Å². The summed E-state index contributed by atoms with van der Waals surface area (Å²) in [6.45, 7) is 2.90. The quantitative estimate of drug-likeness (QED) is 0.794. The molecule has 3 heteroatoms. The fourth-order valence-electron chi connectivity index (χ4n) is 1.64. The summed E-state index contributed by atoms with van der Waals surface area (Å²) < 4.78 is 2.04. The highest BCUT2D eigenvalue weighted by Gasteiger charge is 2.05. The SMILES string of the molecule is CC(CN)Cc1cccn2cncc12. The first-order valence-electron chi connectivity index (χ1n) is 4.91. The lowest BCUT2D eigenvalue weighted by Gasteiger charge is -2.09. The lowest BCUT2D eigenvalue weighted by atomic mass is 10.0. The van der Waals surface area contributed by atoms with Crippen LogP contribution in [0.3, 0.4) is 0 Å². The monoisotopic (exact) mass is 189 g/mol. The molecule has 0 fully saturated rings. The predicted octanol–water partition coefficient (Wildman–Crippen LogP) is 1.47. The van der Waals surface area contributed by atoms with Crippen LogP contribution in [0.15, 0.2) is 30.9 Å². The summed E-state index contributed by atoms with van der Waals surface area (Å²) in [5.74, 6) is 0.524. The molecule has 2 aromatic rings. The maximum absolute atomic E-state index is 5.62. The number of aromatic nitrogens is 2. The Hall–Kier alpha value is -1.35. The Morgan fingerprint density at radius 3 is 3.21 bits per heavy atom. The van der Waals surface area contributed by atoms with Gasteiger partial charge in [-0.2, -0.15) is 0 Å². The fourth-order valence-corrected chi connectivity index (χ4v) is 1.64. The van der Waals surface area contributed by atoms with E-state index in [0.717, 1.165) is 13.0 Å². The van der Waals surface area contributed by atoms with Gasteiger partial charge in [-0.25, -0.2) is 4.98 Å². The van der Waals surface area contributed by atoms with Crippen molar-refractivity contribution in [3.63, 3.8) is 0 Å². The third-order valence-corrected chi connectivity index (χ3v) is 2.51. The molecule has 74 valence electrons. The molecule has 3 nitrogen and oxygen atoms in total. The van der Waals surface area contributed by atoms with Gasteiger partial charge in [-0.1, -0.05) is 13.0 Å². The van der Waals surface area contributed by atoms with Gasteiger partial charge >= 0.3 is 0 Å². The molecule has 14 heavy (non-hydrogen) atoms. The number of hydrogen-bond donors (Lipinski definition) is 1. The molecule has 0 amide bonds. The van der Waals surface area contributed by atoms with Crippen molar-refractivity contribution in [1.29, 1.82) is 0 Å². The Bertz CT molecular complexity index is 419. The Kier molecular flexibility index (Phi) is 2.50. The van der Waals surface area contributed by atoms with Gasteiger partial charge in [-0.15, -0.1) is 0 Å². The number of rotatable bonds is 3. The normalized spacial score (nSPS) is 13.3. The van der Waals surface area contributed by atoms with Crippen molar-refractivity contribution < 1.29 is 0 Å². The van der Waals surface area contributed by atoms with Gasteiger partial charge in [0.05, 0.1) is 18.0 Å². The van der Waals surface area contributed by atoms with Crippen LogP contribution in [0.4, 0.5) is 0 Å². The largest absolute Gasteiger partial charge is 0.330 e. The molecule has 0 radical (unpaired) electrons. The molecule has 0 aliphatic carbocycles. The number of pyridine rings is 1. The third kappa shape index (κ3) is 1.63. The summed E-state index contributed by atoms with van der Waals surface area (Å²) in [6.07, 6.45) is 6.76. The van der Waals surface area contributed by atoms with Gasteiger partial charge in [-0.05, 0) is 30.5 Å². The van der Waals surface area contributed by atoms with Crippen LogP contribution >= 0.6 is 0 Å². The lowest BCUT2D eigenvalue weighted by molar-refractivity contribution is 0.594. The summed E-state index contributed by atoms with van der Waals surface area (Å²) >= 11 is 0. The number of nitrogens with two attached hydrogens (primary N) is 1. The molecule has 0 bridgehead atoms. The van der Waals surface area contributed by atoms with Gasteiger partial charge in [0.2, 0.25) is 0 Å². The zero-order valence-electron chi connectivity index (χ0n) is 8.35. The highest BCUT2D eigenvalue weighted by molar-refractivity contribution is 5.53. The molecule has 0 aliphatic heterocycles. The summed E-state index contributed by atoms with van der Waals surface area (Å²) in [7, 11) is 0. The van der Waals surface area contributed by atoms with Gasteiger partial charge in [0.1, 0.15) is 0 Å². The number of hydrogen-bond acceptors (Lipinski definition) is 2.